The van der Waals surface area contributed by atoms with Gasteiger partial charge >= 0.3 is 0 Å². The van der Waals surface area contributed by atoms with Crippen LogP contribution in [0.5, 0.6) is 0 Å². The van der Waals surface area contributed by atoms with Gasteiger partial charge in [-0.25, -0.2) is 0 Å². The Kier molecular flexibility index (Phi) is 8.22. The predicted molar refractivity (Wildman–Crippen MR) is 185 cm³/mol. The van der Waals surface area contributed by atoms with E-state index in [0.29, 0.717) is 30.1 Å². The Morgan fingerprint density at radius 3 is 2.23 bits per heavy atom. The first-order valence-electron chi connectivity index (χ1n) is 18.7. The Morgan fingerprint density at radius 2 is 1.55 bits per heavy atom. The lowest BCUT2D eigenvalue weighted by atomic mass is 9.47. The van der Waals surface area contributed by atoms with E-state index in [9.17, 15) is 14.7 Å². The Labute approximate surface area is 280 Å². The number of hydrogen-bond donors (Lipinski definition) is 1. The summed E-state index contributed by atoms with van der Waals surface area (Å²) in [6.07, 6.45) is 15.8. The standard InChI is InChI=1S/C38H54N6O3/c1-37-11-9-28(46)22-27(37)7-8-29-30(37)10-12-38(2)31(29)21-26(25-45)35(38)32(47)24-41-17-19-43(20-18-41)34-23-33(42-13-3-4-14-42)39-36(40-34)44-15-5-6-16-44/h9,11,22-23,26,29-31,35,45H,3-8,10,12-21,24-25H2,1-2H3/t26?,29-,30+,31+,35-,37+,38+/m1/s1. The minimum atomic E-state index is -0.0856. The van der Waals surface area contributed by atoms with Crippen LogP contribution in [-0.2, 0) is 9.59 Å². The lowest BCUT2D eigenvalue weighted by molar-refractivity contribution is -0.132. The molecule has 7 atom stereocenters. The van der Waals surface area contributed by atoms with E-state index in [1.165, 1.54) is 31.3 Å². The van der Waals surface area contributed by atoms with Crippen molar-refractivity contribution in [2.24, 2.45) is 40.4 Å². The van der Waals surface area contributed by atoms with E-state index >= 15 is 0 Å². The smallest absolute Gasteiger partial charge is 0.229 e. The van der Waals surface area contributed by atoms with Crippen LogP contribution in [0.2, 0.25) is 0 Å². The molecule has 4 heterocycles. The number of aliphatic hydroxyl groups excluding tert-OH is 1. The average molecular weight is 643 g/mol. The van der Waals surface area contributed by atoms with Gasteiger partial charge in [-0.05, 0) is 99.0 Å². The summed E-state index contributed by atoms with van der Waals surface area (Å²) in [5.41, 5.74) is 1.18. The first-order valence-corrected chi connectivity index (χ1v) is 18.7. The van der Waals surface area contributed by atoms with Crippen LogP contribution < -0.4 is 14.7 Å². The fraction of sp³-hybridized carbons (Fsp3) is 0.737. The fourth-order valence-corrected chi connectivity index (χ4v) is 11.4. The molecule has 1 N–H and O–H groups in total. The van der Waals surface area contributed by atoms with Crippen molar-refractivity contribution in [2.75, 3.05) is 80.2 Å². The van der Waals surface area contributed by atoms with Crippen molar-refractivity contribution in [3.8, 4) is 0 Å². The molecule has 0 spiro atoms. The number of piperazine rings is 1. The third-order valence-electron chi connectivity index (χ3n) is 13.9. The van der Waals surface area contributed by atoms with E-state index in [1.54, 1.807) is 6.08 Å². The molecule has 3 aliphatic heterocycles. The highest BCUT2D eigenvalue weighted by molar-refractivity contribution is 6.01. The maximum absolute atomic E-state index is 14.3. The van der Waals surface area contributed by atoms with Crippen LogP contribution in [0.3, 0.4) is 0 Å². The summed E-state index contributed by atoms with van der Waals surface area (Å²) in [7, 11) is 0. The number of anilines is 3. The van der Waals surface area contributed by atoms with Crippen molar-refractivity contribution in [3.63, 3.8) is 0 Å². The maximum atomic E-state index is 14.3. The quantitative estimate of drug-likeness (QED) is 0.461. The van der Waals surface area contributed by atoms with E-state index in [-0.39, 0.29) is 35.1 Å². The number of carbonyl (C=O) groups excluding carboxylic acids is 2. The number of nitrogens with zero attached hydrogens (tertiary/aromatic N) is 6. The zero-order valence-electron chi connectivity index (χ0n) is 28.6. The summed E-state index contributed by atoms with van der Waals surface area (Å²) in [5.74, 6) is 4.86. The zero-order valence-corrected chi connectivity index (χ0v) is 28.6. The average Bonchev–Trinajstić information content (AvgIpc) is 3.86. The molecule has 8 rings (SSSR count). The second-order valence-electron chi connectivity index (χ2n) is 16.3. The first-order chi connectivity index (χ1) is 22.8. The molecule has 3 saturated carbocycles. The van der Waals surface area contributed by atoms with E-state index in [0.717, 1.165) is 102 Å². The number of ketones is 2. The van der Waals surface area contributed by atoms with Crippen LogP contribution in [0.1, 0.15) is 71.6 Å². The molecule has 6 fully saturated rings. The molecule has 0 aromatic carbocycles. The van der Waals surface area contributed by atoms with Gasteiger partial charge in [-0.15, -0.1) is 0 Å². The monoisotopic (exact) mass is 642 g/mol. The summed E-state index contributed by atoms with van der Waals surface area (Å²) in [4.78, 5) is 46.1. The number of carbonyl (C=O) groups is 2. The second kappa shape index (κ2) is 12.3. The number of hydrogen-bond acceptors (Lipinski definition) is 9. The predicted octanol–water partition coefficient (Wildman–Crippen LogP) is 4.51. The van der Waals surface area contributed by atoms with E-state index in [2.05, 4.69) is 45.6 Å². The van der Waals surface area contributed by atoms with Crippen LogP contribution in [0.4, 0.5) is 17.6 Å². The highest BCUT2D eigenvalue weighted by Crippen LogP contribution is 2.67. The van der Waals surface area contributed by atoms with Crippen LogP contribution in [-0.4, -0.2) is 97.1 Å². The lowest BCUT2D eigenvalue weighted by Crippen LogP contribution is -2.52. The molecular formula is C38H54N6O3. The highest BCUT2D eigenvalue weighted by Gasteiger charge is 2.62. The van der Waals surface area contributed by atoms with Crippen LogP contribution in [0.25, 0.3) is 0 Å². The van der Waals surface area contributed by atoms with Gasteiger partial charge in [0.15, 0.2) is 11.6 Å². The molecule has 3 saturated heterocycles. The highest BCUT2D eigenvalue weighted by atomic mass is 16.3. The Morgan fingerprint density at radius 1 is 0.894 bits per heavy atom. The fourth-order valence-electron chi connectivity index (χ4n) is 11.4. The molecule has 47 heavy (non-hydrogen) atoms. The van der Waals surface area contributed by atoms with Gasteiger partial charge in [0.05, 0.1) is 6.54 Å². The minimum absolute atomic E-state index is 0.0415. The molecular weight excluding hydrogens is 588 g/mol. The normalized spacial score (nSPS) is 37.2. The molecule has 0 radical (unpaired) electrons. The largest absolute Gasteiger partial charge is 0.396 e. The molecule has 1 unspecified atom stereocenters. The zero-order chi connectivity index (χ0) is 32.3. The van der Waals surface area contributed by atoms with Crippen molar-refractivity contribution < 1.29 is 14.7 Å². The SMILES string of the molecule is C[C@]12CC[C@H]3[C@@H](CCC4=CC(=O)C=C[C@@]43C)[C@@H]1CC(CO)[C@@H]2C(=O)CN1CCN(c2cc(N3CCCC3)nc(N3CCCC3)n2)CC1. The topological polar surface area (TPSA) is 93.1 Å². The lowest BCUT2D eigenvalue weighted by Gasteiger charge is -2.57. The van der Waals surface area contributed by atoms with E-state index in [4.69, 9.17) is 9.97 Å². The van der Waals surface area contributed by atoms with Gasteiger partial charge in [-0.1, -0.05) is 25.5 Å². The number of aliphatic hydroxyl groups is 1. The molecule has 1 aromatic rings. The van der Waals surface area contributed by atoms with E-state index in [1.807, 2.05) is 6.08 Å². The number of fused-ring (bicyclic) bond motifs is 5. The Hall–Kier alpha value is -2.78. The summed E-state index contributed by atoms with van der Waals surface area (Å²) in [6, 6.07) is 2.19. The molecule has 9 nitrogen and oxygen atoms in total. The molecule has 7 aliphatic rings. The van der Waals surface area contributed by atoms with Gasteiger partial charge in [0.1, 0.15) is 11.6 Å². The van der Waals surface area contributed by atoms with Gasteiger partial charge in [0.25, 0.3) is 0 Å². The number of aromatic nitrogens is 2. The molecule has 4 aliphatic carbocycles. The van der Waals surface area contributed by atoms with Gasteiger partial charge < -0.3 is 19.8 Å². The van der Waals surface area contributed by atoms with Crippen molar-refractivity contribution in [2.45, 2.75) is 71.6 Å². The third kappa shape index (κ3) is 5.44. The molecule has 254 valence electrons. The van der Waals surface area contributed by atoms with E-state index < -0.39 is 0 Å². The van der Waals surface area contributed by atoms with Crippen LogP contribution >= 0.6 is 0 Å². The van der Waals surface area contributed by atoms with Gasteiger partial charge in [0, 0.05) is 76.4 Å². The van der Waals surface area contributed by atoms with Crippen LogP contribution in [0, 0.1) is 40.4 Å². The van der Waals surface area contributed by atoms with Crippen LogP contribution in [0.15, 0.2) is 29.9 Å². The Balaban J connectivity index is 0.944. The third-order valence-corrected chi connectivity index (χ3v) is 13.9. The van der Waals surface area contributed by atoms with Crippen molar-refractivity contribution >= 4 is 29.2 Å². The molecule has 1 aromatic heterocycles. The molecule has 0 bridgehead atoms. The number of rotatable bonds is 7. The van der Waals surface area contributed by atoms with Gasteiger partial charge in [-0.3, -0.25) is 14.5 Å². The van der Waals surface area contributed by atoms with Crippen molar-refractivity contribution in [1.82, 2.24) is 14.9 Å². The summed E-state index contributed by atoms with van der Waals surface area (Å²) in [6.45, 7) is 12.9. The second-order valence-corrected chi connectivity index (χ2v) is 16.3. The number of Topliss-reactive ketones (excluding diaryl/α,β-unsaturated/α-hetero) is 1. The summed E-state index contributed by atoms with van der Waals surface area (Å²) in [5, 5.41) is 10.6. The summed E-state index contributed by atoms with van der Waals surface area (Å²) < 4.78 is 0. The van der Waals surface area contributed by atoms with Crippen molar-refractivity contribution in [1.29, 1.82) is 0 Å². The van der Waals surface area contributed by atoms with Gasteiger partial charge in [0.2, 0.25) is 5.95 Å². The maximum Gasteiger partial charge on any atom is 0.229 e. The molecule has 0 amide bonds. The van der Waals surface area contributed by atoms with Gasteiger partial charge in [-0.2, -0.15) is 9.97 Å². The Bertz CT molecular complexity index is 1410. The first kappa shape index (κ1) is 31.5. The summed E-state index contributed by atoms with van der Waals surface area (Å²) >= 11 is 0. The minimum Gasteiger partial charge on any atom is -0.396 e. The molecule has 9 heteroatoms. The van der Waals surface area contributed by atoms with Crippen molar-refractivity contribution in [3.05, 3.63) is 29.9 Å². The number of allylic oxidation sites excluding steroid dienone is 4.